The second kappa shape index (κ2) is 10.6. The number of anilines is 1. The molecular formula is C28H31N3O4. The third kappa shape index (κ3) is 5.62. The zero-order valence-corrected chi connectivity index (χ0v) is 20.1. The zero-order chi connectivity index (χ0) is 24.9. The topological polar surface area (TPSA) is 99.7 Å². The van der Waals surface area contributed by atoms with Gasteiger partial charge in [-0.3, -0.25) is 15.0 Å². The van der Waals surface area contributed by atoms with Crippen molar-refractivity contribution in [2.24, 2.45) is 5.92 Å². The lowest BCUT2D eigenvalue weighted by molar-refractivity contribution is -0.726. The zero-order valence-electron chi connectivity index (χ0n) is 20.1. The molecule has 1 fully saturated rings. The molecular weight excluding hydrogens is 442 g/mol. The van der Waals surface area contributed by atoms with E-state index in [1.165, 1.54) is 0 Å². The lowest BCUT2D eigenvalue weighted by atomic mass is 9.83. The highest BCUT2D eigenvalue weighted by molar-refractivity contribution is 5.97. The van der Waals surface area contributed by atoms with Crippen LogP contribution in [-0.4, -0.2) is 45.0 Å². The van der Waals surface area contributed by atoms with Crippen molar-refractivity contribution in [3.8, 4) is 0 Å². The lowest BCUT2D eigenvalue weighted by Crippen LogP contribution is -2.36. The van der Waals surface area contributed by atoms with Crippen LogP contribution in [-0.2, 0) is 4.79 Å². The summed E-state index contributed by atoms with van der Waals surface area (Å²) in [4.78, 5) is 17.7. The summed E-state index contributed by atoms with van der Waals surface area (Å²) in [7, 11) is 0. The van der Waals surface area contributed by atoms with Crippen molar-refractivity contribution in [2.45, 2.75) is 39.0 Å². The van der Waals surface area contributed by atoms with E-state index in [2.05, 4.69) is 40.2 Å². The Hall–Kier alpha value is -3.87. The first-order valence-corrected chi connectivity index (χ1v) is 11.9. The first-order valence-electron chi connectivity index (χ1n) is 11.9. The summed E-state index contributed by atoms with van der Waals surface area (Å²) in [5.41, 5.74) is 5.99. The van der Waals surface area contributed by atoms with Crippen LogP contribution >= 0.6 is 0 Å². The van der Waals surface area contributed by atoms with Gasteiger partial charge in [-0.1, -0.05) is 36.4 Å². The van der Waals surface area contributed by atoms with Crippen molar-refractivity contribution in [1.82, 2.24) is 4.98 Å². The van der Waals surface area contributed by atoms with E-state index in [0.717, 1.165) is 28.1 Å². The summed E-state index contributed by atoms with van der Waals surface area (Å²) in [6.45, 7) is 5.33. The van der Waals surface area contributed by atoms with E-state index >= 15 is 0 Å². The number of carbonyl (C=O) groups is 1. The third-order valence-electron chi connectivity index (χ3n) is 6.93. The summed E-state index contributed by atoms with van der Waals surface area (Å²) in [6, 6.07) is 19.9. The monoisotopic (exact) mass is 473 g/mol. The van der Waals surface area contributed by atoms with Crippen LogP contribution in [0.15, 0.2) is 66.9 Å². The standard InChI is InChI=1S/C28H31N3O4/c1-19-5-3-4-6-25(19)26(18-27(31(34)35)23-11-14-29-20(2)17-23)21-7-9-24(10-8-21)30-15-12-22(13-16-30)28(32)33/h3-11,14,17,22,26H,12-13,15-16,18H2,1-2H3,(H,32,33)(H,34,35). The fourth-order valence-corrected chi connectivity index (χ4v) is 4.91. The number of carboxylic acids is 1. The number of piperidine rings is 1. The van der Waals surface area contributed by atoms with Crippen LogP contribution in [0.2, 0.25) is 0 Å². The number of nitrogens with zero attached hydrogens (tertiary/aromatic N) is 3. The third-order valence-corrected chi connectivity index (χ3v) is 6.93. The highest BCUT2D eigenvalue weighted by atomic mass is 16.8. The van der Waals surface area contributed by atoms with E-state index in [1.807, 2.05) is 32.0 Å². The van der Waals surface area contributed by atoms with Gasteiger partial charge in [-0.25, -0.2) is 0 Å². The molecule has 0 bridgehead atoms. The molecule has 1 unspecified atom stereocenters. The van der Waals surface area contributed by atoms with Crippen LogP contribution in [0.3, 0.4) is 0 Å². The molecule has 1 aliphatic rings. The average Bonchev–Trinajstić information content (AvgIpc) is 2.85. The number of hydrogen-bond acceptors (Lipinski definition) is 5. The van der Waals surface area contributed by atoms with Crippen LogP contribution < -0.4 is 4.90 Å². The summed E-state index contributed by atoms with van der Waals surface area (Å²) in [5, 5.41) is 31.5. The predicted octanol–water partition coefficient (Wildman–Crippen LogP) is 4.91. The van der Waals surface area contributed by atoms with Gasteiger partial charge in [-0.05, 0) is 67.6 Å². The summed E-state index contributed by atoms with van der Waals surface area (Å²) < 4.78 is 0. The Morgan fingerprint density at radius 3 is 2.40 bits per heavy atom. The van der Waals surface area contributed by atoms with Gasteiger partial charge >= 0.3 is 5.97 Å². The predicted molar refractivity (Wildman–Crippen MR) is 135 cm³/mol. The molecule has 0 amide bonds. The van der Waals surface area contributed by atoms with Gasteiger partial charge in [-0.2, -0.15) is 0 Å². The number of hydrogen-bond donors (Lipinski definition) is 2. The molecule has 2 N–H and O–H groups in total. The largest absolute Gasteiger partial charge is 0.481 e. The first-order chi connectivity index (χ1) is 16.8. The van der Waals surface area contributed by atoms with Gasteiger partial charge < -0.3 is 15.2 Å². The van der Waals surface area contributed by atoms with E-state index in [1.54, 1.807) is 18.3 Å². The molecule has 4 rings (SSSR count). The molecule has 7 nitrogen and oxygen atoms in total. The minimum atomic E-state index is -0.714. The fraction of sp³-hybridized carbons (Fsp3) is 0.321. The van der Waals surface area contributed by atoms with Crippen LogP contribution in [0, 0.1) is 25.0 Å². The number of aryl methyl sites for hydroxylation is 2. The van der Waals surface area contributed by atoms with Crippen LogP contribution in [0.25, 0.3) is 0 Å². The Morgan fingerprint density at radius 2 is 1.80 bits per heavy atom. The van der Waals surface area contributed by atoms with Gasteiger partial charge in [0.05, 0.1) is 17.9 Å². The van der Waals surface area contributed by atoms with Crippen molar-refractivity contribution < 1.29 is 20.0 Å². The second-order valence-corrected chi connectivity index (χ2v) is 9.21. The molecule has 7 heteroatoms. The van der Waals surface area contributed by atoms with Crippen molar-refractivity contribution in [1.29, 1.82) is 0 Å². The molecule has 2 heterocycles. The van der Waals surface area contributed by atoms with E-state index < -0.39 is 5.97 Å². The maximum Gasteiger partial charge on any atom is 0.306 e. The maximum absolute atomic E-state index is 12.2. The molecule has 1 aromatic heterocycles. The molecule has 0 saturated carbocycles. The quantitative estimate of drug-likeness (QED) is 0.219. The number of aliphatic carboxylic acids is 1. The van der Waals surface area contributed by atoms with Crippen LogP contribution in [0.1, 0.15) is 53.1 Å². The van der Waals surface area contributed by atoms with Gasteiger partial charge in [0.2, 0.25) is 0 Å². The lowest BCUT2D eigenvalue weighted by Gasteiger charge is -2.32. The van der Waals surface area contributed by atoms with Crippen molar-refractivity contribution in [3.05, 3.63) is 100 Å². The van der Waals surface area contributed by atoms with E-state index in [0.29, 0.717) is 37.9 Å². The number of carboxylic acid groups (broad SMARTS) is 1. The Bertz CT molecular complexity index is 1210. The molecule has 1 saturated heterocycles. The SMILES string of the molecule is Cc1cc(C(CC(c2ccc(N3CCC(C(=O)O)CC3)cc2)c2ccccc2C)=[N+]([O-])O)ccn1. The Kier molecular flexibility index (Phi) is 7.34. The summed E-state index contributed by atoms with van der Waals surface area (Å²) in [6.07, 6.45) is 3.24. The molecule has 1 aliphatic heterocycles. The molecule has 1 atom stereocenters. The Morgan fingerprint density at radius 1 is 1.11 bits per heavy atom. The van der Waals surface area contributed by atoms with E-state index in [-0.39, 0.29) is 22.4 Å². The molecule has 0 spiro atoms. The van der Waals surface area contributed by atoms with Crippen molar-refractivity contribution >= 4 is 17.4 Å². The smallest absolute Gasteiger partial charge is 0.306 e. The molecule has 0 aliphatic carbocycles. The molecule has 2 aromatic carbocycles. The first kappa shape index (κ1) is 24.3. The van der Waals surface area contributed by atoms with Gasteiger partial charge in [0.1, 0.15) is 0 Å². The molecule has 3 aromatic rings. The number of rotatable bonds is 7. The second-order valence-electron chi connectivity index (χ2n) is 9.21. The highest BCUT2D eigenvalue weighted by Gasteiger charge is 2.27. The van der Waals surface area contributed by atoms with Gasteiger partial charge in [0, 0.05) is 41.5 Å². The van der Waals surface area contributed by atoms with Gasteiger partial charge in [0.25, 0.3) is 5.71 Å². The average molecular weight is 474 g/mol. The van der Waals surface area contributed by atoms with Crippen molar-refractivity contribution in [2.75, 3.05) is 18.0 Å². The number of pyridine rings is 1. The minimum Gasteiger partial charge on any atom is -0.481 e. The Labute approximate surface area is 205 Å². The van der Waals surface area contributed by atoms with Crippen molar-refractivity contribution in [3.63, 3.8) is 0 Å². The number of aromatic nitrogens is 1. The summed E-state index contributed by atoms with van der Waals surface area (Å²) >= 11 is 0. The molecule has 182 valence electrons. The van der Waals surface area contributed by atoms with Gasteiger partial charge in [-0.15, -0.1) is 0 Å². The molecule has 35 heavy (non-hydrogen) atoms. The van der Waals surface area contributed by atoms with Gasteiger partial charge in [0.15, 0.2) is 0 Å². The van der Waals surface area contributed by atoms with Crippen LogP contribution in [0.4, 0.5) is 5.69 Å². The van der Waals surface area contributed by atoms with E-state index in [9.17, 15) is 20.3 Å². The minimum absolute atomic E-state index is 0.0268. The summed E-state index contributed by atoms with van der Waals surface area (Å²) in [5.74, 6) is -1.13. The fourth-order valence-electron chi connectivity index (χ4n) is 4.91. The number of benzene rings is 2. The maximum atomic E-state index is 12.2. The highest BCUT2D eigenvalue weighted by Crippen LogP contribution is 2.33. The van der Waals surface area contributed by atoms with Crippen LogP contribution in [0.5, 0.6) is 0 Å². The Balaban J connectivity index is 1.64. The molecule has 0 radical (unpaired) electrons. The van der Waals surface area contributed by atoms with E-state index in [4.69, 9.17) is 0 Å². The normalized spacial score (nSPS) is 16.0.